The van der Waals surface area contributed by atoms with Crippen molar-refractivity contribution in [2.45, 2.75) is 32.7 Å². The second kappa shape index (κ2) is 6.97. The molecule has 0 radical (unpaired) electrons. The van der Waals surface area contributed by atoms with E-state index in [0.717, 1.165) is 17.3 Å². The maximum atomic E-state index is 5.71. The Kier molecular flexibility index (Phi) is 5.29. The zero-order chi connectivity index (χ0) is 14.5. The molecule has 106 valence electrons. The quantitative estimate of drug-likeness (QED) is 0.653. The van der Waals surface area contributed by atoms with Gasteiger partial charge in [0, 0.05) is 22.9 Å². The van der Waals surface area contributed by atoms with Crippen molar-refractivity contribution in [1.29, 1.82) is 0 Å². The molecule has 0 spiro atoms. The van der Waals surface area contributed by atoms with Crippen LogP contribution in [0.5, 0.6) is 0 Å². The second-order valence-electron chi connectivity index (χ2n) is 5.21. The Morgan fingerprint density at radius 1 is 1.20 bits per heavy atom. The number of benzene rings is 1. The summed E-state index contributed by atoms with van der Waals surface area (Å²) in [6, 6.07) is 8.83. The molecule has 4 heteroatoms. The highest BCUT2D eigenvalue weighted by molar-refractivity contribution is 9.10. The average molecular weight is 334 g/mol. The van der Waals surface area contributed by atoms with Crippen LogP contribution in [0.1, 0.15) is 22.3 Å². The van der Waals surface area contributed by atoms with Crippen molar-refractivity contribution in [3.8, 4) is 0 Å². The molecule has 1 aromatic heterocycles. The van der Waals surface area contributed by atoms with Crippen LogP contribution in [0.4, 0.5) is 0 Å². The summed E-state index contributed by atoms with van der Waals surface area (Å²) in [5, 5.41) is 0. The molecule has 0 aliphatic carbocycles. The van der Waals surface area contributed by atoms with E-state index in [1.807, 2.05) is 6.20 Å². The fraction of sp³-hybridized carbons (Fsp3) is 0.312. The second-order valence-corrected chi connectivity index (χ2v) is 6.13. The highest BCUT2D eigenvalue weighted by atomic mass is 79.9. The molecule has 0 amide bonds. The molecule has 0 aliphatic rings. The molecule has 1 unspecified atom stereocenters. The van der Waals surface area contributed by atoms with Crippen molar-refractivity contribution < 1.29 is 0 Å². The van der Waals surface area contributed by atoms with E-state index < -0.39 is 0 Å². The number of aromatic nitrogens is 1. The molecular weight excluding hydrogens is 314 g/mol. The normalized spacial score (nSPS) is 12.4. The summed E-state index contributed by atoms with van der Waals surface area (Å²) < 4.78 is 0.998. The summed E-state index contributed by atoms with van der Waals surface area (Å²) in [4.78, 5) is 4.19. The molecule has 3 N–H and O–H groups in total. The van der Waals surface area contributed by atoms with Crippen LogP contribution in [0.15, 0.2) is 41.1 Å². The molecular formula is C16H20BrN3. The number of pyridine rings is 1. The number of nitrogens with two attached hydrogens (primary N) is 1. The Balaban J connectivity index is 2.11. The number of hydrazine groups is 1. The lowest BCUT2D eigenvalue weighted by atomic mass is 9.96. The average Bonchev–Trinajstić information content (AvgIpc) is 2.42. The Morgan fingerprint density at radius 3 is 2.70 bits per heavy atom. The van der Waals surface area contributed by atoms with Crippen LogP contribution in [0.3, 0.4) is 0 Å². The van der Waals surface area contributed by atoms with Gasteiger partial charge in [-0.15, -0.1) is 0 Å². The van der Waals surface area contributed by atoms with Gasteiger partial charge in [-0.1, -0.05) is 23.8 Å². The lowest BCUT2D eigenvalue weighted by Gasteiger charge is -2.17. The standard InChI is InChI=1S/C16H20BrN3/c1-11-3-4-12(2)14(5-11)8-16(20-18)7-13-6-15(17)10-19-9-13/h3-6,9-10,16,20H,7-8,18H2,1-2H3. The third kappa shape index (κ3) is 4.13. The summed E-state index contributed by atoms with van der Waals surface area (Å²) in [6.45, 7) is 4.26. The van der Waals surface area contributed by atoms with E-state index in [4.69, 9.17) is 5.84 Å². The number of hydrogen-bond donors (Lipinski definition) is 2. The molecule has 20 heavy (non-hydrogen) atoms. The van der Waals surface area contributed by atoms with E-state index >= 15 is 0 Å². The van der Waals surface area contributed by atoms with Crippen molar-refractivity contribution in [2.75, 3.05) is 0 Å². The van der Waals surface area contributed by atoms with Crippen molar-refractivity contribution in [3.63, 3.8) is 0 Å². The molecule has 2 aromatic rings. The minimum absolute atomic E-state index is 0.201. The number of aryl methyl sites for hydroxylation is 2. The predicted molar refractivity (Wildman–Crippen MR) is 86.4 cm³/mol. The molecule has 0 saturated carbocycles. The number of rotatable bonds is 5. The molecule has 1 aromatic carbocycles. The van der Waals surface area contributed by atoms with Gasteiger partial charge in [-0.05, 0) is 65.4 Å². The molecule has 0 bridgehead atoms. The van der Waals surface area contributed by atoms with Crippen LogP contribution >= 0.6 is 15.9 Å². The number of hydrogen-bond acceptors (Lipinski definition) is 3. The fourth-order valence-corrected chi connectivity index (χ4v) is 2.74. The van der Waals surface area contributed by atoms with Gasteiger partial charge >= 0.3 is 0 Å². The van der Waals surface area contributed by atoms with Gasteiger partial charge in [-0.3, -0.25) is 16.3 Å². The molecule has 0 fully saturated rings. The van der Waals surface area contributed by atoms with Crippen LogP contribution < -0.4 is 11.3 Å². The van der Waals surface area contributed by atoms with E-state index in [-0.39, 0.29) is 6.04 Å². The Morgan fingerprint density at radius 2 is 2.00 bits per heavy atom. The summed E-state index contributed by atoms with van der Waals surface area (Å²) >= 11 is 3.45. The van der Waals surface area contributed by atoms with E-state index in [1.165, 1.54) is 22.3 Å². The minimum atomic E-state index is 0.201. The Labute approximate surface area is 128 Å². The Hall–Kier alpha value is -1.23. The van der Waals surface area contributed by atoms with Crippen molar-refractivity contribution in [1.82, 2.24) is 10.4 Å². The third-order valence-electron chi connectivity index (χ3n) is 3.45. The van der Waals surface area contributed by atoms with Crippen LogP contribution in [-0.2, 0) is 12.8 Å². The van der Waals surface area contributed by atoms with Gasteiger partial charge in [0.1, 0.15) is 0 Å². The molecule has 1 heterocycles. The van der Waals surface area contributed by atoms with E-state index in [0.29, 0.717) is 0 Å². The largest absolute Gasteiger partial charge is 0.271 e. The first-order chi connectivity index (χ1) is 9.58. The van der Waals surface area contributed by atoms with Crippen LogP contribution in [0.25, 0.3) is 0 Å². The van der Waals surface area contributed by atoms with Crippen LogP contribution in [0, 0.1) is 13.8 Å². The third-order valence-corrected chi connectivity index (χ3v) is 3.88. The van der Waals surface area contributed by atoms with Gasteiger partial charge in [-0.25, -0.2) is 0 Å². The van der Waals surface area contributed by atoms with E-state index in [9.17, 15) is 0 Å². The van der Waals surface area contributed by atoms with Crippen molar-refractivity contribution in [3.05, 3.63) is 63.4 Å². The van der Waals surface area contributed by atoms with Crippen molar-refractivity contribution in [2.24, 2.45) is 5.84 Å². The highest BCUT2D eigenvalue weighted by Crippen LogP contribution is 2.16. The van der Waals surface area contributed by atoms with Gasteiger partial charge in [0.25, 0.3) is 0 Å². The molecule has 1 atom stereocenters. The van der Waals surface area contributed by atoms with Gasteiger partial charge in [0.15, 0.2) is 0 Å². The maximum Gasteiger partial charge on any atom is 0.0410 e. The molecule has 0 aliphatic heterocycles. The fourth-order valence-electron chi connectivity index (χ4n) is 2.33. The number of nitrogens with one attached hydrogen (secondary N) is 1. The number of nitrogens with zero attached hydrogens (tertiary/aromatic N) is 1. The molecule has 0 saturated heterocycles. The first-order valence-corrected chi connectivity index (χ1v) is 7.49. The predicted octanol–water partition coefficient (Wildman–Crippen LogP) is 3.08. The minimum Gasteiger partial charge on any atom is -0.271 e. The summed E-state index contributed by atoms with van der Waals surface area (Å²) in [5.41, 5.74) is 8.03. The SMILES string of the molecule is Cc1ccc(C)c(CC(Cc2cncc(Br)c2)NN)c1. The van der Waals surface area contributed by atoms with Crippen LogP contribution in [-0.4, -0.2) is 11.0 Å². The first-order valence-electron chi connectivity index (χ1n) is 6.70. The topological polar surface area (TPSA) is 50.9 Å². The van der Waals surface area contributed by atoms with Crippen LogP contribution in [0.2, 0.25) is 0 Å². The van der Waals surface area contributed by atoms with Gasteiger partial charge in [0.2, 0.25) is 0 Å². The maximum absolute atomic E-state index is 5.71. The first kappa shape index (κ1) is 15.2. The Bertz CT molecular complexity index is 584. The number of halogens is 1. The lowest BCUT2D eigenvalue weighted by Crippen LogP contribution is -2.38. The smallest absolute Gasteiger partial charge is 0.0410 e. The van der Waals surface area contributed by atoms with E-state index in [2.05, 4.69) is 64.5 Å². The zero-order valence-corrected chi connectivity index (χ0v) is 13.4. The monoisotopic (exact) mass is 333 g/mol. The lowest BCUT2D eigenvalue weighted by molar-refractivity contribution is 0.521. The summed E-state index contributed by atoms with van der Waals surface area (Å²) in [7, 11) is 0. The van der Waals surface area contributed by atoms with Crippen molar-refractivity contribution >= 4 is 15.9 Å². The summed E-state index contributed by atoms with van der Waals surface area (Å²) in [5.74, 6) is 5.71. The van der Waals surface area contributed by atoms with Gasteiger partial charge < -0.3 is 0 Å². The highest BCUT2D eigenvalue weighted by Gasteiger charge is 2.11. The molecule has 2 rings (SSSR count). The van der Waals surface area contributed by atoms with E-state index in [1.54, 1.807) is 6.20 Å². The zero-order valence-electron chi connectivity index (χ0n) is 11.9. The molecule has 3 nitrogen and oxygen atoms in total. The van der Waals surface area contributed by atoms with Gasteiger partial charge in [-0.2, -0.15) is 0 Å². The van der Waals surface area contributed by atoms with Gasteiger partial charge in [0.05, 0.1) is 0 Å². The summed E-state index contributed by atoms with van der Waals surface area (Å²) in [6.07, 6.45) is 5.45.